The minimum absolute atomic E-state index is 0.0706. The van der Waals surface area contributed by atoms with Gasteiger partial charge in [0.1, 0.15) is 11.2 Å². The maximum absolute atomic E-state index is 12.7. The largest absolute Gasteiger partial charge is 0.312 e. The molecule has 28 heavy (non-hydrogen) atoms. The first kappa shape index (κ1) is 18.6. The summed E-state index contributed by atoms with van der Waals surface area (Å²) in [6.45, 7) is 2.24. The lowest BCUT2D eigenvalue weighted by Crippen LogP contribution is -2.37. The number of rotatable bonds is 4. The van der Waals surface area contributed by atoms with Crippen LogP contribution in [0.2, 0.25) is 5.02 Å². The van der Waals surface area contributed by atoms with E-state index in [1.165, 1.54) is 22.6 Å². The van der Waals surface area contributed by atoms with Crippen LogP contribution in [0, 0.1) is 5.92 Å². The molecule has 4 rings (SSSR count). The number of nitrogens with zero attached hydrogens (tertiary/aromatic N) is 3. The molecule has 0 radical (unpaired) electrons. The monoisotopic (exact) mass is 416 g/mol. The molecule has 0 unspecified atom stereocenters. The highest BCUT2D eigenvalue weighted by atomic mass is 35.5. The second-order valence-electron chi connectivity index (χ2n) is 6.57. The minimum atomic E-state index is -0.567. The zero-order chi connectivity index (χ0) is 19.8. The van der Waals surface area contributed by atoms with Crippen molar-refractivity contribution in [1.29, 1.82) is 0 Å². The van der Waals surface area contributed by atoms with Crippen molar-refractivity contribution in [2.75, 3.05) is 16.9 Å². The van der Waals surface area contributed by atoms with Crippen molar-refractivity contribution in [3.05, 3.63) is 56.9 Å². The summed E-state index contributed by atoms with van der Waals surface area (Å²) >= 11 is 7.46. The van der Waals surface area contributed by atoms with Gasteiger partial charge in [-0.1, -0.05) is 24.6 Å². The summed E-state index contributed by atoms with van der Waals surface area (Å²) in [5.74, 6) is -1.12. The molecule has 144 valence electrons. The van der Waals surface area contributed by atoms with Gasteiger partial charge in [-0.15, -0.1) is 11.3 Å². The molecule has 0 aliphatic carbocycles. The lowest BCUT2D eigenvalue weighted by Gasteiger charge is -2.17. The van der Waals surface area contributed by atoms with Gasteiger partial charge >= 0.3 is 0 Å². The predicted octanol–water partition coefficient (Wildman–Crippen LogP) is 2.80. The molecule has 1 fully saturated rings. The van der Waals surface area contributed by atoms with Gasteiger partial charge in [0.25, 0.3) is 5.56 Å². The second kappa shape index (κ2) is 7.37. The van der Waals surface area contributed by atoms with Crippen LogP contribution >= 0.6 is 22.9 Å². The number of benzene rings is 1. The van der Waals surface area contributed by atoms with Gasteiger partial charge in [0.2, 0.25) is 11.8 Å². The molecule has 1 aliphatic heterocycles. The molecule has 0 bridgehead atoms. The predicted molar refractivity (Wildman–Crippen MR) is 110 cm³/mol. The molecule has 1 N–H and O–H groups in total. The minimum Gasteiger partial charge on any atom is -0.312 e. The van der Waals surface area contributed by atoms with E-state index in [1.807, 2.05) is 6.92 Å². The van der Waals surface area contributed by atoms with Crippen LogP contribution in [-0.4, -0.2) is 28.0 Å². The number of anilines is 1. The third kappa shape index (κ3) is 3.41. The Kier molecular flexibility index (Phi) is 4.91. The van der Waals surface area contributed by atoms with E-state index in [9.17, 15) is 14.4 Å². The molecule has 1 saturated heterocycles. The molecular weight excluding hydrogens is 400 g/mol. The van der Waals surface area contributed by atoms with E-state index in [2.05, 4.69) is 10.4 Å². The van der Waals surface area contributed by atoms with E-state index in [0.717, 1.165) is 16.0 Å². The van der Waals surface area contributed by atoms with Crippen molar-refractivity contribution in [2.45, 2.75) is 19.8 Å². The third-order valence-electron chi connectivity index (χ3n) is 4.70. The summed E-state index contributed by atoms with van der Waals surface area (Å²) in [4.78, 5) is 45.1. The molecule has 9 heteroatoms. The van der Waals surface area contributed by atoms with Crippen molar-refractivity contribution in [1.82, 2.24) is 9.66 Å². The summed E-state index contributed by atoms with van der Waals surface area (Å²) in [6, 6.07) is 8.74. The number of aromatic nitrogens is 2. The Hall–Kier alpha value is -2.71. The van der Waals surface area contributed by atoms with Crippen molar-refractivity contribution >= 4 is 50.7 Å². The Morgan fingerprint density at radius 3 is 2.93 bits per heavy atom. The van der Waals surface area contributed by atoms with Gasteiger partial charge in [0.15, 0.2) is 0 Å². The molecule has 3 heterocycles. The highest BCUT2D eigenvalue weighted by molar-refractivity contribution is 7.18. The van der Waals surface area contributed by atoms with Crippen LogP contribution in [-0.2, 0) is 16.0 Å². The Balaban J connectivity index is 1.53. The quantitative estimate of drug-likeness (QED) is 0.708. The molecule has 2 aromatic heterocycles. The number of halogens is 1. The fourth-order valence-corrected chi connectivity index (χ4v) is 4.32. The number of nitrogens with one attached hydrogen (secondary N) is 1. The fourth-order valence-electron chi connectivity index (χ4n) is 3.21. The average molecular weight is 417 g/mol. The maximum Gasteiger partial charge on any atom is 0.280 e. The van der Waals surface area contributed by atoms with Crippen LogP contribution in [0.1, 0.15) is 18.2 Å². The zero-order valence-electron chi connectivity index (χ0n) is 15.0. The lowest BCUT2D eigenvalue weighted by molar-refractivity contribution is -0.123. The molecule has 1 aliphatic rings. The summed E-state index contributed by atoms with van der Waals surface area (Å²) in [5.41, 5.74) is 2.90. The summed E-state index contributed by atoms with van der Waals surface area (Å²) < 4.78 is 1.09. The van der Waals surface area contributed by atoms with E-state index in [4.69, 9.17) is 11.6 Å². The highest BCUT2D eigenvalue weighted by Crippen LogP contribution is 2.27. The first-order chi connectivity index (χ1) is 13.5. The van der Waals surface area contributed by atoms with E-state index < -0.39 is 11.8 Å². The molecule has 3 aromatic rings. The van der Waals surface area contributed by atoms with Gasteiger partial charge in [-0.25, -0.2) is 9.66 Å². The molecular formula is C19H17ClN4O3S. The molecule has 1 atom stereocenters. The number of carbonyl (C=O) groups excluding carboxylic acids is 2. The van der Waals surface area contributed by atoms with E-state index in [-0.39, 0.29) is 24.4 Å². The van der Waals surface area contributed by atoms with Crippen LogP contribution < -0.4 is 15.9 Å². The number of fused-ring (bicyclic) bond motifs is 1. The third-order valence-corrected chi connectivity index (χ3v) is 6.12. The van der Waals surface area contributed by atoms with Crippen LogP contribution in [0.25, 0.3) is 10.2 Å². The van der Waals surface area contributed by atoms with Crippen LogP contribution in [0.15, 0.2) is 41.5 Å². The fraction of sp³-hybridized carbons (Fsp3) is 0.263. The molecule has 0 spiro atoms. The van der Waals surface area contributed by atoms with Gasteiger partial charge in [0, 0.05) is 28.6 Å². The zero-order valence-corrected chi connectivity index (χ0v) is 16.6. The van der Waals surface area contributed by atoms with E-state index >= 15 is 0 Å². The van der Waals surface area contributed by atoms with Gasteiger partial charge in [-0.05, 0) is 30.7 Å². The van der Waals surface area contributed by atoms with E-state index in [0.29, 0.717) is 20.9 Å². The van der Waals surface area contributed by atoms with Gasteiger partial charge in [0.05, 0.1) is 11.3 Å². The summed E-state index contributed by atoms with van der Waals surface area (Å²) in [5, 5.41) is 0.999. The van der Waals surface area contributed by atoms with Gasteiger partial charge in [-0.2, -0.15) is 0 Å². The topological polar surface area (TPSA) is 84.3 Å². The SMILES string of the molecule is CCc1cc2c(=O)n(NC(=O)[C@@H]3CC(=O)N(c4cccc(Cl)c4)C3)cnc2s1. The van der Waals surface area contributed by atoms with Crippen molar-refractivity contribution in [3.8, 4) is 0 Å². The number of amides is 2. The Morgan fingerprint density at radius 1 is 1.36 bits per heavy atom. The smallest absolute Gasteiger partial charge is 0.280 e. The average Bonchev–Trinajstić information content (AvgIpc) is 3.28. The first-order valence-electron chi connectivity index (χ1n) is 8.83. The second-order valence-corrected chi connectivity index (χ2v) is 8.12. The molecule has 0 saturated carbocycles. The van der Waals surface area contributed by atoms with Crippen molar-refractivity contribution in [3.63, 3.8) is 0 Å². The van der Waals surface area contributed by atoms with E-state index in [1.54, 1.807) is 30.3 Å². The summed E-state index contributed by atoms with van der Waals surface area (Å²) in [6.07, 6.45) is 2.20. The number of aryl methyl sites for hydroxylation is 1. The highest BCUT2D eigenvalue weighted by Gasteiger charge is 2.35. The molecule has 1 aromatic carbocycles. The Labute approximate surface area is 169 Å². The number of thiophene rings is 1. The van der Waals surface area contributed by atoms with Crippen LogP contribution in [0.3, 0.4) is 0 Å². The molecule has 7 nitrogen and oxygen atoms in total. The number of hydrogen-bond donors (Lipinski definition) is 1. The van der Waals surface area contributed by atoms with Gasteiger partial charge < -0.3 is 4.90 Å². The standard InChI is InChI=1S/C19H17ClN4O3S/c1-2-14-8-15-18(28-14)21-10-24(19(15)27)22-17(26)11-6-16(25)23(9-11)13-5-3-4-12(20)7-13/h3-5,7-8,10-11H,2,6,9H2,1H3,(H,22,26)/t11-/m1/s1. The Bertz CT molecular complexity index is 1140. The van der Waals surface area contributed by atoms with Crippen molar-refractivity contribution < 1.29 is 9.59 Å². The number of hydrogen-bond acceptors (Lipinski definition) is 5. The van der Waals surface area contributed by atoms with Crippen LogP contribution in [0.4, 0.5) is 5.69 Å². The number of carbonyl (C=O) groups is 2. The normalized spacial score (nSPS) is 16.7. The summed E-state index contributed by atoms with van der Waals surface area (Å²) in [7, 11) is 0. The lowest BCUT2D eigenvalue weighted by atomic mass is 10.1. The van der Waals surface area contributed by atoms with Crippen LogP contribution in [0.5, 0.6) is 0 Å². The van der Waals surface area contributed by atoms with Gasteiger partial charge in [-0.3, -0.25) is 19.8 Å². The first-order valence-corrected chi connectivity index (χ1v) is 10.0. The molecule has 2 amide bonds. The maximum atomic E-state index is 12.7. The van der Waals surface area contributed by atoms with Crippen molar-refractivity contribution in [2.24, 2.45) is 5.92 Å². The Morgan fingerprint density at radius 2 is 2.18 bits per heavy atom.